The van der Waals surface area contributed by atoms with Crippen molar-refractivity contribution < 1.29 is 39.9 Å². The number of pyridine rings is 3. The van der Waals surface area contributed by atoms with Gasteiger partial charge in [0.2, 0.25) is 0 Å². The topological polar surface area (TPSA) is 299 Å². The van der Waals surface area contributed by atoms with Crippen LogP contribution in [0.25, 0.3) is 49.8 Å². The summed E-state index contributed by atoms with van der Waals surface area (Å²) < 4.78 is 83.5. The predicted molar refractivity (Wildman–Crippen MR) is 344 cm³/mol. The number of rotatable bonds is 13. The minimum atomic E-state index is -3.86. The summed E-state index contributed by atoms with van der Waals surface area (Å²) in [5.74, 6) is 1.04. The van der Waals surface area contributed by atoms with Gasteiger partial charge < -0.3 is 10.8 Å². The van der Waals surface area contributed by atoms with Gasteiger partial charge in [0.1, 0.15) is 17.5 Å². The van der Waals surface area contributed by atoms with E-state index in [9.17, 15) is 39.9 Å². The third kappa shape index (κ3) is 15.1. The zero-order valence-corrected chi connectivity index (χ0v) is 52.2. The highest BCUT2D eigenvalue weighted by molar-refractivity contribution is 8.13. The average molecular weight is 1270 g/mol. The highest BCUT2D eigenvalue weighted by Crippen LogP contribution is 2.30. The number of anilines is 3. The van der Waals surface area contributed by atoms with Crippen LogP contribution < -0.4 is 15.2 Å². The summed E-state index contributed by atoms with van der Waals surface area (Å²) in [5.41, 5.74) is 13.6. The summed E-state index contributed by atoms with van der Waals surface area (Å²) in [5, 5.41) is 26.2. The number of aliphatic hydroxyl groups is 1. The number of halogens is 1. The number of aryl methyl sites for hydroxylation is 3. The van der Waals surface area contributed by atoms with Crippen LogP contribution in [0.15, 0.2) is 215 Å². The Morgan fingerprint density at radius 3 is 1.15 bits per heavy atom. The van der Waals surface area contributed by atoms with E-state index in [1.165, 1.54) is 74.5 Å². The number of aromatic nitrogens is 9. The molecule has 12 rings (SSSR count). The zero-order chi connectivity index (χ0) is 64.0. The summed E-state index contributed by atoms with van der Waals surface area (Å²) in [7, 11) is -6.32. The van der Waals surface area contributed by atoms with Crippen molar-refractivity contribution in [2.24, 2.45) is 0 Å². The van der Waals surface area contributed by atoms with Crippen molar-refractivity contribution in [2.75, 3.05) is 15.2 Å². The minimum Gasteiger partial charge on any atom is -0.386 e. The predicted octanol–water partition coefficient (Wildman–Crippen LogP) is 11.6. The first-order chi connectivity index (χ1) is 42.2. The van der Waals surface area contributed by atoms with Crippen molar-refractivity contribution in [3.63, 3.8) is 0 Å². The van der Waals surface area contributed by atoms with E-state index in [-0.39, 0.29) is 26.3 Å². The molecule has 454 valence electrons. The van der Waals surface area contributed by atoms with Gasteiger partial charge >= 0.3 is 0 Å². The van der Waals surface area contributed by atoms with Gasteiger partial charge in [-0.15, -0.1) is 0 Å². The van der Waals surface area contributed by atoms with Crippen LogP contribution in [0, 0.1) is 20.8 Å². The molecule has 12 aromatic rings. The summed E-state index contributed by atoms with van der Waals surface area (Å²) in [4.78, 5) is 35.4. The fraction of sp³-hybridized carbons (Fsp3) is 0.125. The Balaban J connectivity index is 0.000000148. The third-order valence-electron chi connectivity index (χ3n) is 13.5. The molecule has 25 heteroatoms. The number of Topliss-reactive ketones (excluding diaryl/α,β-unsaturated/α-hetero) is 2. The monoisotopic (exact) mass is 1270 g/mol. The highest BCUT2D eigenvalue weighted by atomic mass is 35.7. The quantitative estimate of drug-likeness (QED) is 0.0616. The van der Waals surface area contributed by atoms with Crippen LogP contribution in [0.3, 0.4) is 0 Å². The number of nitrogens with one attached hydrogen (secondary N) is 2. The first kappa shape index (κ1) is 63.5. The second-order valence-electron chi connectivity index (χ2n) is 20.7. The van der Waals surface area contributed by atoms with Gasteiger partial charge in [-0.25, -0.2) is 39.3 Å². The van der Waals surface area contributed by atoms with Crippen LogP contribution in [-0.2, 0) is 34.7 Å². The number of benzene rings is 6. The molecule has 0 saturated heterocycles. The maximum atomic E-state index is 13.0. The molecule has 0 atom stereocenters. The molecule has 6 aromatic heterocycles. The summed E-state index contributed by atoms with van der Waals surface area (Å²) in [6.45, 7) is 11.7. The lowest BCUT2D eigenvalue weighted by Crippen LogP contribution is -2.18. The number of fused-ring (bicyclic) bond motifs is 3. The molecule has 0 amide bonds. The molecule has 0 aliphatic rings. The van der Waals surface area contributed by atoms with Crippen molar-refractivity contribution in [3.8, 4) is 17.1 Å². The Labute approximate surface area is 518 Å². The Morgan fingerprint density at radius 2 is 0.809 bits per heavy atom. The lowest BCUT2D eigenvalue weighted by molar-refractivity contribution is 0.0785. The highest BCUT2D eigenvalue weighted by Gasteiger charge is 2.23. The largest absolute Gasteiger partial charge is 0.386 e. The SMILES string of the molecule is CC(=O)c1ccc(S(=O)(=O)Cl)cc1.CC(=O)c1ccc(S(=O)(=O)Nc2cc(C)nn2-c2cccc3ncccc23)cc1.Cc1cc(N)n(-c2cccc3ncccc23)n1.Cc1cc(NS(=O)(=O)c2ccc(C(C)(C)O)cc2)n(-c2cccc3ncccc23)n1. The molecule has 0 aliphatic carbocycles. The maximum absolute atomic E-state index is 13.0. The molecule has 6 aromatic carbocycles. The number of sulfonamides is 2. The number of hydrogen-bond donors (Lipinski definition) is 4. The first-order valence-corrected chi connectivity index (χ1v) is 32.5. The van der Waals surface area contributed by atoms with Gasteiger partial charge in [0.25, 0.3) is 29.1 Å². The maximum Gasteiger partial charge on any atom is 0.263 e. The number of carbonyl (C=O) groups excluding carboxylic acids is 2. The number of nitrogens with zero attached hydrogens (tertiary/aromatic N) is 9. The second-order valence-corrected chi connectivity index (χ2v) is 26.7. The van der Waals surface area contributed by atoms with E-state index >= 15 is 0 Å². The van der Waals surface area contributed by atoms with Crippen molar-refractivity contribution in [1.82, 2.24) is 44.3 Å². The van der Waals surface area contributed by atoms with Crippen LogP contribution in [0.5, 0.6) is 0 Å². The Bertz CT molecular complexity index is 4940. The van der Waals surface area contributed by atoms with Crippen molar-refractivity contribution >= 4 is 102 Å². The van der Waals surface area contributed by atoms with Gasteiger partial charge in [-0.2, -0.15) is 15.3 Å². The van der Waals surface area contributed by atoms with Gasteiger partial charge in [-0.3, -0.25) is 34.0 Å². The minimum absolute atomic E-state index is 0.000772. The number of carbonyl (C=O) groups is 2. The molecule has 0 bridgehead atoms. The molecule has 89 heavy (non-hydrogen) atoms. The van der Waals surface area contributed by atoms with Crippen molar-refractivity contribution in [2.45, 2.75) is 68.8 Å². The van der Waals surface area contributed by atoms with Gasteiger partial charge in [0.05, 0.1) is 71.0 Å². The number of ketones is 2. The standard InChI is InChI=1S/C22H22N4O3S.C21H18N4O3S.C13H12N4.C8H7ClO3S/c1-15-14-21(25-30(28,29)17-11-9-16(10-12-17)22(2,3)27)26(24-15)20-8-4-7-19-18(20)6-5-13-23-19;1-14-13-21(24-29(27,28)17-10-8-16(9-11-17)15(2)26)25(23-14)20-7-3-6-19-18(20)5-4-12-22-19;1-9-8-13(14)17(16-9)12-6-2-5-11-10(12)4-3-7-15-11;1-6(10)7-2-4-8(5-3-7)13(9,11)12/h4-14,25,27H,1-3H3;3-13,24H,1-2H3;2-8H,14H2,1H3;2-5H,1H3. The second kappa shape index (κ2) is 26.2. The average Bonchev–Trinajstić information content (AvgIpc) is 2.16. The normalized spacial score (nSPS) is 11.6. The zero-order valence-electron chi connectivity index (χ0n) is 49.0. The molecule has 0 unspecified atom stereocenters. The van der Waals surface area contributed by atoms with Crippen LogP contribution in [0.4, 0.5) is 17.5 Å². The molecule has 6 heterocycles. The molecule has 0 fully saturated rings. The van der Waals surface area contributed by atoms with E-state index in [0.717, 1.165) is 49.8 Å². The van der Waals surface area contributed by atoms with E-state index in [1.807, 2.05) is 104 Å². The third-order valence-corrected chi connectivity index (χ3v) is 17.6. The van der Waals surface area contributed by atoms with Crippen LogP contribution in [-0.4, -0.2) is 86.2 Å². The fourth-order valence-corrected chi connectivity index (χ4v) is 12.0. The fourth-order valence-electron chi connectivity index (χ4n) is 9.20. The van der Waals surface area contributed by atoms with E-state index in [1.54, 1.807) is 84.6 Å². The van der Waals surface area contributed by atoms with Crippen LogP contribution >= 0.6 is 10.7 Å². The molecule has 0 spiro atoms. The summed E-state index contributed by atoms with van der Waals surface area (Å²) in [6, 6.07) is 51.2. The summed E-state index contributed by atoms with van der Waals surface area (Å²) in [6.07, 6.45) is 5.19. The molecule has 0 radical (unpaired) electrons. The molecular weight excluding hydrogens is 1210 g/mol. The van der Waals surface area contributed by atoms with Gasteiger partial charge in [0, 0.05) is 74.8 Å². The van der Waals surface area contributed by atoms with Crippen molar-refractivity contribution in [1.29, 1.82) is 0 Å². The van der Waals surface area contributed by atoms with Gasteiger partial charge in [-0.1, -0.05) is 54.6 Å². The van der Waals surface area contributed by atoms with Crippen LogP contribution in [0.1, 0.15) is 71.1 Å². The van der Waals surface area contributed by atoms with E-state index in [4.69, 9.17) is 16.4 Å². The van der Waals surface area contributed by atoms with E-state index in [0.29, 0.717) is 51.2 Å². The Morgan fingerprint density at radius 1 is 0.472 bits per heavy atom. The van der Waals surface area contributed by atoms with Crippen molar-refractivity contribution in [3.05, 3.63) is 234 Å². The van der Waals surface area contributed by atoms with Gasteiger partial charge in [-0.05, 0) is 163 Å². The smallest absolute Gasteiger partial charge is 0.263 e. The first-order valence-electron chi connectivity index (χ1n) is 27.2. The molecular formula is C64H59ClN12O9S3. The number of hydrogen-bond acceptors (Lipinski definition) is 16. The Hall–Kier alpha value is -9.98. The number of nitrogen functional groups attached to an aromatic ring is 1. The number of nitrogens with two attached hydrogens (primary N) is 1. The molecule has 5 N–H and O–H groups in total. The lowest BCUT2D eigenvalue weighted by Gasteiger charge is -2.18. The lowest BCUT2D eigenvalue weighted by atomic mass is 9.99. The molecule has 0 saturated carbocycles. The van der Waals surface area contributed by atoms with E-state index < -0.39 is 34.7 Å². The molecule has 0 aliphatic heterocycles. The molecule has 21 nitrogen and oxygen atoms in total. The Kier molecular flexibility index (Phi) is 18.7. The summed E-state index contributed by atoms with van der Waals surface area (Å²) >= 11 is 0. The van der Waals surface area contributed by atoms with E-state index in [2.05, 4.69) is 39.7 Å². The van der Waals surface area contributed by atoms with Gasteiger partial charge in [0.15, 0.2) is 11.6 Å². The van der Waals surface area contributed by atoms with Crippen LogP contribution in [0.2, 0.25) is 0 Å².